The van der Waals surface area contributed by atoms with Crippen molar-refractivity contribution in [3.05, 3.63) is 40.9 Å². The molecule has 0 heterocycles. The van der Waals surface area contributed by atoms with E-state index in [4.69, 9.17) is 11.6 Å². The first kappa shape index (κ1) is 15.1. The number of nitrogens with zero attached hydrogens (tertiary/aromatic N) is 1. The zero-order chi connectivity index (χ0) is 13.7. The van der Waals surface area contributed by atoms with Gasteiger partial charge in [-0.25, -0.2) is 0 Å². The molecule has 18 heavy (non-hydrogen) atoms. The fraction of sp³-hybridized carbons (Fsp3) is 0.467. The number of rotatable bonds is 6. The van der Waals surface area contributed by atoms with Gasteiger partial charge in [0.1, 0.15) is 0 Å². The van der Waals surface area contributed by atoms with Crippen LogP contribution in [0.25, 0.3) is 0 Å². The minimum Gasteiger partial charge on any atom is -0.369 e. The van der Waals surface area contributed by atoms with Crippen LogP contribution in [0.3, 0.4) is 0 Å². The molecule has 0 saturated carbocycles. The molecule has 0 amide bonds. The van der Waals surface area contributed by atoms with E-state index in [1.165, 1.54) is 5.56 Å². The fourth-order valence-corrected chi connectivity index (χ4v) is 2.35. The molecule has 3 heteroatoms. The molecule has 1 atom stereocenters. The van der Waals surface area contributed by atoms with Gasteiger partial charge >= 0.3 is 0 Å². The van der Waals surface area contributed by atoms with Gasteiger partial charge in [0.05, 0.1) is 10.7 Å². The van der Waals surface area contributed by atoms with Crippen molar-refractivity contribution in [2.24, 2.45) is 0 Å². The summed E-state index contributed by atoms with van der Waals surface area (Å²) in [6.45, 7) is 12.0. The first-order valence-corrected chi connectivity index (χ1v) is 6.71. The maximum Gasteiger partial charge on any atom is 0.0642 e. The molecule has 0 fully saturated rings. The lowest BCUT2D eigenvalue weighted by Gasteiger charge is -2.22. The summed E-state index contributed by atoms with van der Waals surface area (Å²) in [6, 6.07) is 6.57. The van der Waals surface area contributed by atoms with Crippen molar-refractivity contribution in [2.45, 2.75) is 26.8 Å². The Kier molecular flexibility index (Phi) is 5.70. The van der Waals surface area contributed by atoms with Crippen LogP contribution in [0.2, 0.25) is 5.02 Å². The van der Waals surface area contributed by atoms with Crippen LogP contribution in [0.1, 0.15) is 32.4 Å². The van der Waals surface area contributed by atoms with Crippen LogP contribution in [-0.4, -0.2) is 20.1 Å². The van der Waals surface area contributed by atoms with E-state index < -0.39 is 0 Å². The molecule has 1 rings (SSSR count). The zero-order valence-corrected chi connectivity index (χ0v) is 12.5. The highest BCUT2D eigenvalue weighted by Crippen LogP contribution is 2.28. The number of hydrogen-bond acceptors (Lipinski definition) is 2. The van der Waals surface area contributed by atoms with Crippen LogP contribution in [0.5, 0.6) is 0 Å². The van der Waals surface area contributed by atoms with Crippen molar-refractivity contribution in [1.82, 2.24) is 5.32 Å². The van der Waals surface area contributed by atoms with Gasteiger partial charge in [0.15, 0.2) is 0 Å². The Morgan fingerprint density at radius 2 is 2.17 bits per heavy atom. The standard InChI is InChI=1S/C15H23ClN2/c1-6-17-12(4)13-7-8-15(14(16)9-13)18(5)10-11(2)3/h7-9,12,17H,2,6,10H2,1,3-5H3. The second-order valence-corrected chi connectivity index (χ2v) is 5.21. The maximum atomic E-state index is 6.35. The molecule has 0 saturated heterocycles. The Morgan fingerprint density at radius 1 is 1.50 bits per heavy atom. The maximum absolute atomic E-state index is 6.35. The van der Waals surface area contributed by atoms with E-state index in [0.29, 0.717) is 6.04 Å². The van der Waals surface area contributed by atoms with E-state index in [-0.39, 0.29) is 0 Å². The van der Waals surface area contributed by atoms with Crippen molar-refractivity contribution in [2.75, 3.05) is 25.0 Å². The quantitative estimate of drug-likeness (QED) is 0.783. The van der Waals surface area contributed by atoms with Gasteiger partial charge in [-0.1, -0.05) is 36.7 Å². The predicted molar refractivity (Wildman–Crippen MR) is 81.6 cm³/mol. The van der Waals surface area contributed by atoms with Gasteiger partial charge < -0.3 is 10.2 Å². The molecule has 0 aliphatic heterocycles. The summed E-state index contributed by atoms with van der Waals surface area (Å²) in [6.07, 6.45) is 0. The smallest absolute Gasteiger partial charge is 0.0642 e. The molecule has 2 nitrogen and oxygen atoms in total. The average molecular weight is 267 g/mol. The molecule has 0 aliphatic carbocycles. The lowest BCUT2D eigenvalue weighted by Crippen LogP contribution is -2.20. The number of hydrogen-bond donors (Lipinski definition) is 1. The Hall–Kier alpha value is -0.990. The normalized spacial score (nSPS) is 12.3. The number of nitrogens with one attached hydrogen (secondary N) is 1. The minimum absolute atomic E-state index is 0.327. The molecule has 1 aromatic rings. The van der Waals surface area contributed by atoms with Gasteiger partial charge in [-0.15, -0.1) is 0 Å². The lowest BCUT2D eigenvalue weighted by atomic mass is 10.1. The summed E-state index contributed by atoms with van der Waals surface area (Å²) in [4.78, 5) is 2.12. The highest BCUT2D eigenvalue weighted by atomic mass is 35.5. The Labute approximate surface area is 116 Å². The van der Waals surface area contributed by atoms with E-state index in [0.717, 1.165) is 29.4 Å². The fourth-order valence-electron chi connectivity index (χ4n) is 2.02. The summed E-state index contributed by atoms with van der Waals surface area (Å²) in [5.41, 5.74) is 3.39. The van der Waals surface area contributed by atoms with Crippen molar-refractivity contribution < 1.29 is 0 Å². The van der Waals surface area contributed by atoms with Crippen LogP contribution in [0.15, 0.2) is 30.4 Å². The van der Waals surface area contributed by atoms with E-state index in [1.54, 1.807) is 0 Å². The third kappa shape index (κ3) is 4.04. The van der Waals surface area contributed by atoms with Crippen LogP contribution in [0, 0.1) is 0 Å². The zero-order valence-electron chi connectivity index (χ0n) is 11.8. The van der Waals surface area contributed by atoms with E-state index in [9.17, 15) is 0 Å². The summed E-state index contributed by atoms with van der Waals surface area (Å²) >= 11 is 6.35. The van der Waals surface area contributed by atoms with Crippen LogP contribution < -0.4 is 10.2 Å². The number of likely N-dealkylation sites (N-methyl/N-ethyl adjacent to an activating group) is 1. The van der Waals surface area contributed by atoms with Gasteiger partial charge in [0.25, 0.3) is 0 Å². The first-order valence-electron chi connectivity index (χ1n) is 6.34. The second-order valence-electron chi connectivity index (χ2n) is 4.80. The van der Waals surface area contributed by atoms with Crippen molar-refractivity contribution in [3.8, 4) is 0 Å². The summed E-state index contributed by atoms with van der Waals surface area (Å²) in [5.74, 6) is 0. The van der Waals surface area contributed by atoms with Gasteiger partial charge in [0, 0.05) is 19.6 Å². The van der Waals surface area contributed by atoms with Crippen molar-refractivity contribution >= 4 is 17.3 Å². The SMILES string of the molecule is C=C(C)CN(C)c1ccc(C(C)NCC)cc1Cl. The van der Waals surface area contributed by atoms with E-state index in [1.807, 2.05) is 20.0 Å². The number of benzene rings is 1. The van der Waals surface area contributed by atoms with E-state index >= 15 is 0 Å². The largest absolute Gasteiger partial charge is 0.369 e. The average Bonchev–Trinajstić information content (AvgIpc) is 2.28. The molecule has 0 aliphatic rings. The van der Waals surface area contributed by atoms with Gasteiger partial charge in [-0.2, -0.15) is 0 Å². The molecule has 0 aromatic heterocycles. The molecule has 0 radical (unpaired) electrons. The molecule has 0 spiro atoms. The molecule has 1 N–H and O–H groups in total. The monoisotopic (exact) mass is 266 g/mol. The minimum atomic E-state index is 0.327. The van der Waals surface area contributed by atoms with Gasteiger partial charge in [0.2, 0.25) is 0 Å². The van der Waals surface area contributed by atoms with Crippen LogP contribution in [-0.2, 0) is 0 Å². The number of anilines is 1. The Morgan fingerprint density at radius 3 is 2.67 bits per heavy atom. The molecule has 1 aromatic carbocycles. The second kappa shape index (κ2) is 6.81. The van der Waals surface area contributed by atoms with Crippen molar-refractivity contribution in [1.29, 1.82) is 0 Å². The molecule has 100 valence electrons. The van der Waals surface area contributed by atoms with Gasteiger partial charge in [-0.3, -0.25) is 0 Å². The molecule has 0 bridgehead atoms. The highest BCUT2D eigenvalue weighted by molar-refractivity contribution is 6.33. The summed E-state index contributed by atoms with van der Waals surface area (Å²) < 4.78 is 0. The molecular weight excluding hydrogens is 244 g/mol. The lowest BCUT2D eigenvalue weighted by molar-refractivity contribution is 0.598. The topological polar surface area (TPSA) is 15.3 Å². The third-order valence-corrected chi connectivity index (χ3v) is 3.20. The predicted octanol–water partition coefficient (Wildman–Crippen LogP) is 4.02. The van der Waals surface area contributed by atoms with Gasteiger partial charge in [-0.05, 0) is 38.1 Å². The third-order valence-electron chi connectivity index (χ3n) is 2.90. The van der Waals surface area contributed by atoms with E-state index in [2.05, 4.69) is 42.8 Å². The summed E-state index contributed by atoms with van der Waals surface area (Å²) in [7, 11) is 2.03. The van der Waals surface area contributed by atoms with Crippen LogP contribution >= 0.6 is 11.6 Å². The first-order chi connectivity index (χ1) is 8.45. The molecule has 1 unspecified atom stereocenters. The Balaban J connectivity index is 2.88. The molecular formula is C15H23ClN2. The number of halogens is 1. The van der Waals surface area contributed by atoms with Crippen LogP contribution in [0.4, 0.5) is 5.69 Å². The summed E-state index contributed by atoms with van der Waals surface area (Å²) in [5, 5.41) is 4.18. The van der Waals surface area contributed by atoms with Crippen molar-refractivity contribution in [3.63, 3.8) is 0 Å². The highest BCUT2D eigenvalue weighted by Gasteiger charge is 2.10. The Bertz CT molecular complexity index is 415.